The Morgan fingerprint density at radius 3 is 2.88 bits per heavy atom. The number of halogens is 1. The summed E-state index contributed by atoms with van der Waals surface area (Å²) in [5.74, 6) is -0.483. The first kappa shape index (κ1) is 13.4. The van der Waals surface area contributed by atoms with Gasteiger partial charge in [0.25, 0.3) is 0 Å². The van der Waals surface area contributed by atoms with Crippen molar-refractivity contribution < 1.29 is 14.2 Å². The normalized spacial score (nSPS) is 11.9. The van der Waals surface area contributed by atoms with E-state index in [4.69, 9.17) is 15.1 Å². The van der Waals surface area contributed by atoms with Crippen LogP contribution in [0.2, 0.25) is 0 Å². The maximum Gasteiger partial charge on any atom is 0.147 e. The minimum Gasteiger partial charge on any atom is -0.396 e. The number of ether oxygens (including phenoxy) is 1. The number of rotatable bonds is 6. The van der Waals surface area contributed by atoms with Crippen LogP contribution in [0.25, 0.3) is 0 Å². The average molecular weight is 238 g/mol. The lowest BCUT2D eigenvalue weighted by Crippen LogP contribution is -2.26. The van der Waals surface area contributed by atoms with Crippen LogP contribution in [0.15, 0.2) is 18.2 Å². The molecule has 1 rings (SSSR count). The van der Waals surface area contributed by atoms with E-state index in [2.05, 4.69) is 5.32 Å². The van der Waals surface area contributed by atoms with E-state index in [1.807, 2.05) is 6.07 Å². The summed E-state index contributed by atoms with van der Waals surface area (Å²) in [6.45, 7) is 0.374. The van der Waals surface area contributed by atoms with Gasteiger partial charge in [-0.3, -0.25) is 0 Å². The molecule has 1 unspecified atom stereocenters. The molecule has 2 N–H and O–H groups in total. The first-order valence-corrected chi connectivity index (χ1v) is 5.27. The van der Waals surface area contributed by atoms with Crippen molar-refractivity contribution in [2.45, 2.75) is 12.5 Å². The van der Waals surface area contributed by atoms with Gasteiger partial charge in [-0.15, -0.1) is 0 Å². The van der Waals surface area contributed by atoms with Crippen LogP contribution < -0.4 is 5.32 Å². The van der Waals surface area contributed by atoms with E-state index in [0.717, 1.165) is 0 Å². The molecule has 0 saturated heterocycles. The molecule has 0 aromatic heterocycles. The highest BCUT2D eigenvalue weighted by molar-refractivity contribution is 5.49. The molecule has 1 aromatic rings. The minimum atomic E-state index is -0.483. The van der Waals surface area contributed by atoms with E-state index < -0.39 is 5.82 Å². The Morgan fingerprint density at radius 1 is 1.59 bits per heavy atom. The summed E-state index contributed by atoms with van der Waals surface area (Å²) < 4.78 is 18.5. The number of hydrogen-bond donors (Lipinski definition) is 2. The maximum absolute atomic E-state index is 13.6. The second kappa shape index (κ2) is 6.84. The molecule has 0 radical (unpaired) electrons. The van der Waals surface area contributed by atoms with Crippen molar-refractivity contribution in [1.82, 2.24) is 0 Å². The Bertz CT molecular complexity index is 398. The third kappa shape index (κ3) is 4.02. The molecular weight excluding hydrogens is 223 g/mol. The Hall–Kier alpha value is -1.64. The summed E-state index contributed by atoms with van der Waals surface area (Å²) in [4.78, 5) is 0. The zero-order valence-corrected chi connectivity index (χ0v) is 9.61. The van der Waals surface area contributed by atoms with Gasteiger partial charge >= 0.3 is 0 Å². The molecule has 92 valence electrons. The van der Waals surface area contributed by atoms with Crippen LogP contribution in [0.3, 0.4) is 0 Å². The SMILES string of the molecule is COCC(CCO)Nc1ccc(C#N)cc1F. The van der Waals surface area contributed by atoms with Gasteiger partial charge in [-0.25, -0.2) is 4.39 Å². The van der Waals surface area contributed by atoms with E-state index in [1.54, 1.807) is 7.11 Å². The number of hydrogen-bond acceptors (Lipinski definition) is 4. The van der Waals surface area contributed by atoms with Crippen molar-refractivity contribution in [2.24, 2.45) is 0 Å². The van der Waals surface area contributed by atoms with Crippen molar-refractivity contribution in [3.63, 3.8) is 0 Å². The Morgan fingerprint density at radius 2 is 2.35 bits per heavy atom. The van der Waals surface area contributed by atoms with Gasteiger partial charge in [0.2, 0.25) is 0 Å². The lowest BCUT2D eigenvalue weighted by atomic mass is 10.1. The number of nitrogens with zero attached hydrogens (tertiary/aromatic N) is 1. The van der Waals surface area contributed by atoms with Crippen LogP contribution in [0.5, 0.6) is 0 Å². The number of nitriles is 1. The number of aliphatic hydroxyl groups is 1. The van der Waals surface area contributed by atoms with E-state index in [0.29, 0.717) is 18.7 Å². The minimum absolute atomic E-state index is 0.00107. The van der Waals surface area contributed by atoms with Gasteiger partial charge in [-0.1, -0.05) is 0 Å². The van der Waals surface area contributed by atoms with Gasteiger partial charge < -0.3 is 15.2 Å². The molecule has 5 heteroatoms. The van der Waals surface area contributed by atoms with Gasteiger partial charge in [-0.2, -0.15) is 5.26 Å². The molecule has 0 saturated carbocycles. The van der Waals surface area contributed by atoms with Crippen LogP contribution in [-0.2, 0) is 4.74 Å². The molecule has 0 spiro atoms. The first-order chi connectivity index (χ1) is 8.21. The van der Waals surface area contributed by atoms with Crippen LogP contribution in [0, 0.1) is 17.1 Å². The van der Waals surface area contributed by atoms with E-state index in [9.17, 15) is 4.39 Å². The molecule has 1 aromatic carbocycles. The molecule has 0 bridgehead atoms. The van der Waals surface area contributed by atoms with Crippen molar-refractivity contribution in [2.75, 3.05) is 25.6 Å². The Kier molecular flexibility index (Phi) is 5.40. The fourth-order valence-electron chi connectivity index (χ4n) is 1.48. The monoisotopic (exact) mass is 238 g/mol. The maximum atomic E-state index is 13.6. The zero-order valence-electron chi connectivity index (χ0n) is 9.61. The molecule has 0 amide bonds. The second-order valence-corrected chi connectivity index (χ2v) is 3.62. The largest absolute Gasteiger partial charge is 0.396 e. The van der Waals surface area contributed by atoms with Gasteiger partial charge in [0, 0.05) is 13.7 Å². The lowest BCUT2D eigenvalue weighted by Gasteiger charge is -2.18. The summed E-state index contributed by atoms with van der Waals surface area (Å²) in [5.41, 5.74) is 0.581. The first-order valence-electron chi connectivity index (χ1n) is 5.27. The highest BCUT2D eigenvalue weighted by Gasteiger charge is 2.10. The number of nitrogens with one attached hydrogen (secondary N) is 1. The molecule has 1 atom stereocenters. The number of anilines is 1. The molecule has 0 heterocycles. The fraction of sp³-hybridized carbons (Fsp3) is 0.417. The van der Waals surface area contributed by atoms with Crippen LogP contribution in [0.4, 0.5) is 10.1 Å². The van der Waals surface area contributed by atoms with Crippen molar-refractivity contribution >= 4 is 5.69 Å². The molecule has 0 aliphatic carbocycles. The van der Waals surface area contributed by atoms with Crippen molar-refractivity contribution in [1.29, 1.82) is 5.26 Å². The third-order valence-corrected chi connectivity index (χ3v) is 2.30. The highest BCUT2D eigenvalue weighted by Crippen LogP contribution is 2.17. The number of aliphatic hydroxyl groups excluding tert-OH is 1. The van der Waals surface area contributed by atoms with Gasteiger partial charge in [0.15, 0.2) is 0 Å². The lowest BCUT2D eigenvalue weighted by molar-refractivity contribution is 0.170. The summed E-state index contributed by atoms with van der Waals surface area (Å²) >= 11 is 0. The van der Waals surface area contributed by atoms with E-state index in [1.165, 1.54) is 18.2 Å². The van der Waals surface area contributed by atoms with Crippen LogP contribution in [0.1, 0.15) is 12.0 Å². The summed E-state index contributed by atoms with van der Waals surface area (Å²) in [6, 6.07) is 5.92. The van der Waals surface area contributed by atoms with Gasteiger partial charge in [-0.05, 0) is 24.6 Å². The molecule has 4 nitrogen and oxygen atoms in total. The van der Waals surface area contributed by atoms with Gasteiger partial charge in [0.1, 0.15) is 5.82 Å². The molecule has 0 aliphatic rings. The standard InChI is InChI=1S/C12H15FN2O2/c1-17-8-10(4-5-16)15-12-3-2-9(7-14)6-11(12)13/h2-3,6,10,15-16H,4-5,8H2,1H3. The zero-order chi connectivity index (χ0) is 12.7. The summed E-state index contributed by atoms with van der Waals surface area (Å²) in [6.07, 6.45) is 0.466. The third-order valence-electron chi connectivity index (χ3n) is 2.30. The van der Waals surface area contributed by atoms with E-state index in [-0.39, 0.29) is 18.2 Å². The second-order valence-electron chi connectivity index (χ2n) is 3.62. The number of methoxy groups -OCH3 is 1. The van der Waals surface area contributed by atoms with Crippen molar-refractivity contribution in [3.8, 4) is 6.07 Å². The van der Waals surface area contributed by atoms with Crippen LogP contribution >= 0.6 is 0 Å². The topological polar surface area (TPSA) is 65.3 Å². The fourth-order valence-corrected chi connectivity index (χ4v) is 1.48. The smallest absolute Gasteiger partial charge is 0.147 e. The van der Waals surface area contributed by atoms with Crippen molar-refractivity contribution in [3.05, 3.63) is 29.6 Å². The predicted octanol–water partition coefficient (Wildman–Crippen LogP) is 1.51. The summed E-state index contributed by atoms with van der Waals surface area (Å²) in [7, 11) is 1.54. The predicted molar refractivity (Wildman–Crippen MR) is 62.1 cm³/mol. The van der Waals surface area contributed by atoms with E-state index >= 15 is 0 Å². The summed E-state index contributed by atoms with van der Waals surface area (Å²) in [5, 5.41) is 20.4. The molecule has 0 aliphatic heterocycles. The number of benzene rings is 1. The quantitative estimate of drug-likeness (QED) is 0.788. The Balaban J connectivity index is 2.75. The molecule has 0 fully saturated rings. The average Bonchev–Trinajstić information content (AvgIpc) is 2.32. The van der Waals surface area contributed by atoms with Crippen LogP contribution in [-0.4, -0.2) is 31.5 Å². The Labute approximate surface area is 99.6 Å². The molecule has 17 heavy (non-hydrogen) atoms. The molecular formula is C12H15FN2O2. The highest BCUT2D eigenvalue weighted by atomic mass is 19.1. The van der Waals surface area contributed by atoms with Gasteiger partial charge in [0.05, 0.1) is 30.0 Å².